The number of amides is 1. The molecule has 22 heavy (non-hydrogen) atoms. The lowest BCUT2D eigenvalue weighted by Crippen LogP contribution is -2.36. The van der Waals surface area contributed by atoms with Crippen LogP contribution in [0.25, 0.3) is 0 Å². The fraction of sp³-hybridized carbons (Fsp3) is 0.278. The largest absolute Gasteiger partial charge is 0.497 e. The van der Waals surface area contributed by atoms with Gasteiger partial charge in [0.15, 0.2) is 0 Å². The van der Waals surface area contributed by atoms with Gasteiger partial charge >= 0.3 is 0 Å². The minimum atomic E-state index is 0.0779. The fourth-order valence-electron chi connectivity index (χ4n) is 2.23. The molecule has 116 valence electrons. The average molecular weight is 298 g/mol. The number of nitrogens with zero attached hydrogens (tertiary/aromatic N) is 2. The van der Waals surface area contributed by atoms with Crippen LogP contribution < -0.4 is 9.64 Å². The highest BCUT2D eigenvalue weighted by Gasteiger charge is 2.12. The number of methoxy groups -OCH3 is 1. The minimum absolute atomic E-state index is 0.0779. The first kappa shape index (κ1) is 15.9. The second-order valence-corrected chi connectivity index (χ2v) is 5.29. The van der Waals surface area contributed by atoms with E-state index in [1.54, 1.807) is 12.0 Å². The number of carbonyl (C=O) groups excluding carboxylic acids is 1. The van der Waals surface area contributed by atoms with E-state index >= 15 is 0 Å². The summed E-state index contributed by atoms with van der Waals surface area (Å²) in [6.45, 7) is 0.920. The summed E-state index contributed by atoms with van der Waals surface area (Å²) < 4.78 is 5.21. The van der Waals surface area contributed by atoms with Crippen LogP contribution in [0.2, 0.25) is 0 Å². The Hall–Kier alpha value is -2.49. The van der Waals surface area contributed by atoms with Crippen LogP contribution in [0.15, 0.2) is 54.6 Å². The van der Waals surface area contributed by atoms with Crippen molar-refractivity contribution in [3.8, 4) is 5.75 Å². The maximum atomic E-state index is 12.3. The van der Waals surface area contributed by atoms with Crippen molar-refractivity contribution in [1.82, 2.24) is 4.90 Å². The van der Waals surface area contributed by atoms with Crippen molar-refractivity contribution >= 4 is 11.6 Å². The topological polar surface area (TPSA) is 32.8 Å². The molecule has 0 atom stereocenters. The Morgan fingerprint density at radius 2 is 1.77 bits per heavy atom. The van der Waals surface area contributed by atoms with Crippen molar-refractivity contribution in [2.45, 2.75) is 6.54 Å². The summed E-state index contributed by atoms with van der Waals surface area (Å²) in [6, 6.07) is 17.7. The Balaban J connectivity index is 1.94. The van der Waals surface area contributed by atoms with E-state index in [2.05, 4.69) is 0 Å². The standard InChI is InChI=1S/C18H22N2O2/c1-19(16-9-5-4-6-10-16)14-18(21)20(2)13-15-8-7-11-17(12-15)22-3/h4-12H,13-14H2,1-3H3. The lowest BCUT2D eigenvalue weighted by molar-refractivity contribution is -0.128. The highest BCUT2D eigenvalue weighted by molar-refractivity contribution is 5.81. The van der Waals surface area contributed by atoms with Crippen molar-refractivity contribution in [2.24, 2.45) is 0 Å². The molecule has 0 radical (unpaired) electrons. The van der Waals surface area contributed by atoms with Crippen molar-refractivity contribution in [3.63, 3.8) is 0 Å². The smallest absolute Gasteiger partial charge is 0.242 e. The number of hydrogen-bond acceptors (Lipinski definition) is 3. The van der Waals surface area contributed by atoms with Crippen molar-refractivity contribution in [1.29, 1.82) is 0 Å². The van der Waals surface area contributed by atoms with Crippen LogP contribution in [0, 0.1) is 0 Å². The summed E-state index contributed by atoms with van der Waals surface area (Å²) in [5, 5.41) is 0. The molecule has 0 bridgehead atoms. The zero-order chi connectivity index (χ0) is 15.9. The molecule has 4 heteroatoms. The van der Waals surface area contributed by atoms with E-state index in [9.17, 15) is 4.79 Å². The van der Waals surface area contributed by atoms with Crippen molar-refractivity contribution < 1.29 is 9.53 Å². The van der Waals surface area contributed by atoms with Crippen molar-refractivity contribution in [2.75, 3.05) is 32.6 Å². The molecular weight excluding hydrogens is 276 g/mol. The van der Waals surface area contributed by atoms with Gasteiger partial charge in [0.1, 0.15) is 5.75 Å². The number of rotatable bonds is 6. The predicted octanol–water partition coefficient (Wildman–Crippen LogP) is 2.79. The molecule has 0 aliphatic heterocycles. The Morgan fingerprint density at radius 1 is 1.05 bits per heavy atom. The molecule has 0 saturated heterocycles. The number of anilines is 1. The summed E-state index contributed by atoms with van der Waals surface area (Å²) in [5.74, 6) is 0.883. The van der Waals surface area contributed by atoms with Gasteiger partial charge in [-0.3, -0.25) is 4.79 Å². The fourth-order valence-corrected chi connectivity index (χ4v) is 2.23. The Bertz CT molecular complexity index is 613. The summed E-state index contributed by atoms with van der Waals surface area (Å²) in [7, 11) is 5.38. The normalized spacial score (nSPS) is 10.1. The average Bonchev–Trinajstić information content (AvgIpc) is 2.55. The molecule has 1 amide bonds. The van der Waals surface area contributed by atoms with Gasteiger partial charge in [0.25, 0.3) is 0 Å². The molecule has 0 saturated carbocycles. The second-order valence-electron chi connectivity index (χ2n) is 5.29. The quantitative estimate of drug-likeness (QED) is 0.822. The van der Waals surface area contributed by atoms with Gasteiger partial charge < -0.3 is 14.5 Å². The molecule has 0 spiro atoms. The van der Waals surface area contributed by atoms with Gasteiger partial charge in [-0.1, -0.05) is 30.3 Å². The summed E-state index contributed by atoms with van der Waals surface area (Å²) in [6.07, 6.45) is 0. The minimum Gasteiger partial charge on any atom is -0.497 e. The Labute approximate surface area is 131 Å². The predicted molar refractivity (Wildman–Crippen MR) is 89.2 cm³/mol. The summed E-state index contributed by atoms with van der Waals surface area (Å²) in [5.41, 5.74) is 2.09. The van der Waals surface area contributed by atoms with E-state index in [-0.39, 0.29) is 5.91 Å². The molecule has 2 rings (SSSR count). The lowest BCUT2D eigenvalue weighted by Gasteiger charge is -2.23. The molecule has 0 fully saturated rings. The van der Waals surface area contributed by atoms with E-state index in [1.807, 2.05) is 73.6 Å². The van der Waals surface area contributed by atoms with Crippen molar-refractivity contribution in [3.05, 3.63) is 60.2 Å². The maximum absolute atomic E-state index is 12.3. The van der Waals surface area contributed by atoms with Crippen LogP contribution in [0.3, 0.4) is 0 Å². The zero-order valence-corrected chi connectivity index (χ0v) is 13.3. The first-order chi connectivity index (χ1) is 10.6. The molecule has 0 aliphatic rings. The van der Waals surface area contributed by atoms with E-state index in [1.165, 1.54) is 0 Å². The third kappa shape index (κ3) is 4.25. The monoisotopic (exact) mass is 298 g/mol. The van der Waals surface area contributed by atoms with E-state index in [4.69, 9.17) is 4.74 Å². The summed E-state index contributed by atoms with van der Waals surface area (Å²) >= 11 is 0. The highest BCUT2D eigenvalue weighted by atomic mass is 16.5. The highest BCUT2D eigenvalue weighted by Crippen LogP contribution is 2.15. The lowest BCUT2D eigenvalue weighted by atomic mass is 10.2. The van der Waals surface area contributed by atoms with E-state index in [0.29, 0.717) is 13.1 Å². The van der Waals surface area contributed by atoms with Crippen LogP contribution in [-0.4, -0.2) is 38.6 Å². The van der Waals surface area contributed by atoms with Gasteiger partial charge in [-0.05, 0) is 29.8 Å². The van der Waals surface area contributed by atoms with Crippen LogP contribution in [0.1, 0.15) is 5.56 Å². The van der Waals surface area contributed by atoms with Crippen LogP contribution >= 0.6 is 0 Å². The number of para-hydroxylation sites is 1. The van der Waals surface area contributed by atoms with Gasteiger partial charge in [-0.2, -0.15) is 0 Å². The van der Waals surface area contributed by atoms with Gasteiger partial charge in [-0.25, -0.2) is 0 Å². The number of hydrogen-bond donors (Lipinski definition) is 0. The first-order valence-electron chi connectivity index (χ1n) is 7.23. The van der Waals surface area contributed by atoms with Crippen LogP contribution in [-0.2, 0) is 11.3 Å². The molecule has 0 N–H and O–H groups in total. The molecule has 0 unspecified atom stereocenters. The van der Waals surface area contributed by atoms with E-state index in [0.717, 1.165) is 17.0 Å². The first-order valence-corrected chi connectivity index (χ1v) is 7.23. The molecule has 2 aromatic carbocycles. The van der Waals surface area contributed by atoms with Gasteiger partial charge in [-0.15, -0.1) is 0 Å². The number of benzene rings is 2. The number of likely N-dealkylation sites (N-methyl/N-ethyl adjacent to an activating group) is 2. The molecule has 0 aromatic heterocycles. The second kappa shape index (κ2) is 7.50. The molecule has 2 aromatic rings. The molecule has 0 aliphatic carbocycles. The number of ether oxygens (including phenoxy) is 1. The van der Waals surface area contributed by atoms with Gasteiger partial charge in [0.05, 0.1) is 13.7 Å². The molecule has 0 heterocycles. The molecular formula is C18H22N2O2. The van der Waals surface area contributed by atoms with Crippen LogP contribution in [0.4, 0.5) is 5.69 Å². The van der Waals surface area contributed by atoms with Gasteiger partial charge in [0, 0.05) is 26.3 Å². The number of carbonyl (C=O) groups is 1. The third-order valence-electron chi connectivity index (χ3n) is 3.55. The van der Waals surface area contributed by atoms with E-state index < -0.39 is 0 Å². The molecule has 4 nitrogen and oxygen atoms in total. The van der Waals surface area contributed by atoms with Gasteiger partial charge in [0.2, 0.25) is 5.91 Å². The maximum Gasteiger partial charge on any atom is 0.242 e. The SMILES string of the molecule is COc1cccc(CN(C)C(=O)CN(C)c2ccccc2)c1. The van der Waals surface area contributed by atoms with Crippen LogP contribution in [0.5, 0.6) is 5.75 Å². The Kier molecular flexibility index (Phi) is 5.42. The zero-order valence-electron chi connectivity index (χ0n) is 13.3. The third-order valence-corrected chi connectivity index (χ3v) is 3.55. The summed E-state index contributed by atoms with van der Waals surface area (Å²) in [4.78, 5) is 16.0. The Morgan fingerprint density at radius 3 is 2.45 bits per heavy atom.